The fraction of sp³-hybridized carbons (Fsp3) is 1.00. The van der Waals surface area contributed by atoms with Crippen molar-refractivity contribution in [1.29, 1.82) is 0 Å². The van der Waals surface area contributed by atoms with Gasteiger partial charge in [0.05, 0.1) is 0 Å². The lowest BCUT2D eigenvalue weighted by Crippen LogP contribution is -2.28. The molecule has 0 fully saturated rings. The second-order valence-electron chi connectivity index (χ2n) is 3.28. The predicted octanol–water partition coefficient (Wildman–Crippen LogP) is 4.02. The lowest BCUT2D eigenvalue weighted by atomic mass is 10.5. The van der Waals surface area contributed by atoms with Crippen molar-refractivity contribution in [3.8, 4) is 0 Å². The highest BCUT2D eigenvalue weighted by molar-refractivity contribution is 15.0. The van der Waals surface area contributed by atoms with Crippen molar-refractivity contribution >= 4 is 45.5 Å². The quantitative estimate of drug-likeness (QED) is 0.515. The Kier molecular flexibility index (Phi) is 10.3. The van der Waals surface area contributed by atoms with Crippen molar-refractivity contribution in [3.05, 3.63) is 0 Å². The third-order valence-electron chi connectivity index (χ3n) is 0.589. The van der Waals surface area contributed by atoms with Gasteiger partial charge in [-0.05, 0) is 33.5 Å². The second kappa shape index (κ2) is 7.29. The minimum absolute atomic E-state index is 0.404. The van der Waals surface area contributed by atoms with E-state index in [0.29, 0.717) is 6.10 Å². The average molecular weight is 386 g/mol. The Labute approximate surface area is 88.7 Å². The minimum atomic E-state index is -1.22. The monoisotopic (exact) mass is 386 g/mol. The summed E-state index contributed by atoms with van der Waals surface area (Å²) in [5, 5.41) is 0. The molecule has 1 nitrogen and oxygen atoms in total. The maximum absolute atomic E-state index is 5.58. The molecule has 0 aliphatic rings. The predicted molar refractivity (Wildman–Crippen MR) is 67.6 cm³/mol. The molecule has 0 amide bonds. The third kappa shape index (κ3) is 16.3. The van der Waals surface area contributed by atoms with Gasteiger partial charge in [0.2, 0.25) is 0 Å². The van der Waals surface area contributed by atoms with Crippen LogP contribution in [-0.2, 0) is 4.43 Å². The van der Waals surface area contributed by atoms with E-state index in [4.69, 9.17) is 4.43 Å². The molecule has 0 aliphatic heterocycles. The maximum atomic E-state index is 5.58. The van der Waals surface area contributed by atoms with Gasteiger partial charge < -0.3 is 4.43 Å². The van der Waals surface area contributed by atoms with Gasteiger partial charge in [-0.15, -0.1) is 0 Å². The summed E-state index contributed by atoms with van der Waals surface area (Å²) in [6.07, 6.45) is 0.404. The van der Waals surface area contributed by atoms with Crippen LogP contribution in [0.1, 0.15) is 13.8 Å². The normalized spacial score (nSPS) is 10.8. The second-order valence-corrected chi connectivity index (χ2v) is 7.74. The lowest BCUT2D eigenvalue weighted by Gasteiger charge is -2.19. The topological polar surface area (TPSA) is 9.23 Å². The van der Waals surface area contributed by atoms with Gasteiger partial charge in [0, 0.05) is 43.3 Å². The molecule has 0 atom stereocenters. The summed E-state index contributed by atoms with van der Waals surface area (Å²) in [7, 11) is -1.22. The van der Waals surface area contributed by atoms with Gasteiger partial charge in [-0.3, -0.25) is 0 Å². The highest BCUT2D eigenvalue weighted by atomic mass is 128. The van der Waals surface area contributed by atoms with Crippen LogP contribution in [0.5, 0.6) is 0 Å². The zero-order valence-electron chi connectivity index (χ0n) is 7.24. The van der Waals surface area contributed by atoms with Gasteiger partial charge in [0.15, 0.2) is 8.32 Å². The average Bonchev–Trinajstić information content (AvgIpc) is 1.64. The van der Waals surface area contributed by atoms with E-state index >= 15 is 0 Å². The number of hydrogen-bond donors (Lipinski definition) is 0. The SMILES string of the molecule is CC(C)O[Si](C)(C)C.II. The van der Waals surface area contributed by atoms with E-state index in [1.54, 1.807) is 0 Å². The van der Waals surface area contributed by atoms with Crippen LogP contribution in [0.15, 0.2) is 0 Å². The van der Waals surface area contributed by atoms with Crippen LogP contribution in [0.25, 0.3) is 0 Å². The van der Waals surface area contributed by atoms with E-state index < -0.39 is 8.32 Å². The first-order valence-electron chi connectivity index (χ1n) is 3.24. The Hall–Kier alpha value is 1.64. The first kappa shape index (κ1) is 14.2. The molecule has 0 unspecified atom stereocenters. The summed E-state index contributed by atoms with van der Waals surface area (Å²) in [6, 6.07) is 0. The largest absolute Gasteiger partial charge is 0.415 e. The first-order chi connectivity index (χ1) is 4.42. The molecule has 0 aromatic rings. The van der Waals surface area contributed by atoms with Crippen molar-refractivity contribution in [2.24, 2.45) is 0 Å². The molecular formula is C6H16I2OSi. The molecule has 4 heteroatoms. The zero-order chi connectivity index (χ0) is 8.78. The molecule has 0 aliphatic carbocycles. The fourth-order valence-corrected chi connectivity index (χ4v) is 2.12. The highest BCUT2D eigenvalue weighted by Gasteiger charge is 2.14. The van der Waals surface area contributed by atoms with Crippen LogP contribution in [0.3, 0.4) is 0 Å². The molecule has 0 spiro atoms. The van der Waals surface area contributed by atoms with Gasteiger partial charge in [-0.2, -0.15) is 0 Å². The summed E-state index contributed by atoms with van der Waals surface area (Å²) in [5.41, 5.74) is 0. The Bertz CT molecular complexity index is 70.6. The van der Waals surface area contributed by atoms with Crippen LogP contribution in [-0.4, -0.2) is 14.4 Å². The number of rotatable bonds is 2. The Morgan fingerprint density at radius 1 is 1.10 bits per heavy atom. The number of halogens is 2. The van der Waals surface area contributed by atoms with Crippen molar-refractivity contribution in [1.82, 2.24) is 0 Å². The molecular weight excluding hydrogens is 370 g/mol. The van der Waals surface area contributed by atoms with Crippen LogP contribution >= 0.6 is 37.2 Å². The van der Waals surface area contributed by atoms with Crippen LogP contribution in [0.4, 0.5) is 0 Å². The number of hydrogen-bond acceptors (Lipinski definition) is 1. The minimum Gasteiger partial charge on any atom is -0.415 e. The molecule has 0 aromatic heterocycles. The van der Waals surface area contributed by atoms with Crippen LogP contribution < -0.4 is 0 Å². The Balaban J connectivity index is 0. The third-order valence-corrected chi connectivity index (χ3v) is 1.77. The molecule has 0 bridgehead atoms. The summed E-state index contributed by atoms with van der Waals surface area (Å²) >= 11 is 4.24. The van der Waals surface area contributed by atoms with E-state index in [1.165, 1.54) is 0 Å². The van der Waals surface area contributed by atoms with Gasteiger partial charge >= 0.3 is 0 Å². The molecule has 0 rings (SSSR count). The van der Waals surface area contributed by atoms with E-state index in [0.717, 1.165) is 0 Å². The first-order valence-corrected chi connectivity index (χ1v) is 12.9. The Morgan fingerprint density at radius 2 is 1.40 bits per heavy atom. The van der Waals surface area contributed by atoms with Gasteiger partial charge in [-0.25, -0.2) is 0 Å². The van der Waals surface area contributed by atoms with E-state index in [2.05, 4.69) is 70.7 Å². The van der Waals surface area contributed by atoms with Crippen LogP contribution in [0.2, 0.25) is 19.6 Å². The summed E-state index contributed by atoms with van der Waals surface area (Å²) in [5.74, 6) is 0. The summed E-state index contributed by atoms with van der Waals surface area (Å²) < 4.78 is 5.58. The molecule has 0 N–H and O–H groups in total. The lowest BCUT2D eigenvalue weighted by molar-refractivity contribution is 0.235. The van der Waals surface area contributed by atoms with Crippen molar-refractivity contribution < 1.29 is 4.43 Å². The van der Waals surface area contributed by atoms with E-state index in [9.17, 15) is 0 Å². The molecule has 0 heterocycles. The summed E-state index contributed by atoms with van der Waals surface area (Å²) in [4.78, 5) is 0. The molecule has 10 heavy (non-hydrogen) atoms. The van der Waals surface area contributed by atoms with Crippen LogP contribution in [0, 0.1) is 0 Å². The molecule has 0 radical (unpaired) electrons. The molecule has 0 saturated carbocycles. The molecule has 0 aromatic carbocycles. The smallest absolute Gasteiger partial charge is 0.184 e. The van der Waals surface area contributed by atoms with Crippen molar-refractivity contribution in [3.63, 3.8) is 0 Å². The standard InChI is InChI=1S/C6H16OSi.I2/c1-6(2)7-8(3,4)5;1-2/h6H,1-5H3;. The zero-order valence-corrected chi connectivity index (χ0v) is 12.6. The fourth-order valence-electron chi connectivity index (χ4n) is 0.707. The summed E-state index contributed by atoms with van der Waals surface area (Å²) in [6.45, 7) is 10.8. The van der Waals surface area contributed by atoms with Crippen molar-refractivity contribution in [2.75, 3.05) is 0 Å². The molecule has 0 saturated heterocycles. The Morgan fingerprint density at radius 3 is 1.40 bits per heavy atom. The van der Waals surface area contributed by atoms with E-state index in [-0.39, 0.29) is 0 Å². The van der Waals surface area contributed by atoms with Gasteiger partial charge in [0.1, 0.15) is 0 Å². The van der Waals surface area contributed by atoms with E-state index in [1.807, 2.05) is 0 Å². The van der Waals surface area contributed by atoms with Gasteiger partial charge in [-0.1, -0.05) is 0 Å². The molecule has 64 valence electrons. The highest BCUT2D eigenvalue weighted by Crippen LogP contribution is 2.05. The van der Waals surface area contributed by atoms with Crippen molar-refractivity contribution in [2.45, 2.75) is 39.6 Å². The van der Waals surface area contributed by atoms with Gasteiger partial charge in [0.25, 0.3) is 0 Å². The maximum Gasteiger partial charge on any atom is 0.184 e.